The molecule has 0 aliphatic rings. The van der Waals surface area contributed by atoms with Gasteiger partial charge in [-0.1, -0.05) is 27.5 Å². The van der Waals surface area contributed by atoms with Crippen LogP contribution in [0, 0.1) is 6.92 Å². The number of hydrogen-bond acceptors (Lipinski definition) is 3. The van der Waals surface area contributed by atoms with Gasteiger partial charge in [0.05, 0.1) is 12.7 Å². The van der Waals surface area contributed by atoms with E-state index in [9.17, 15) is 4.79 Å². The van der Waals surface area contributed by atoms with Crippen LogP contribution in [0.1, 0.15) is 15.9 Å². The Bertz CT molecular complexity index is 768. The van der Waals surface area contributed by atoms with E-state index in [0.717, 1.165) is 15.7 Å². The first kappa shape index (κ1) is 17.7. The zero-order valence-electron chi connectivity index (χ0n) is 12.4. The molecule has 2 aromatic carbocycles. The molecule has 7 heteroatoms. The monoisotopic (exact) mass is 412 g/mol. The molecule has 0 aromatic heterocycles. The maximum Gasteiger partial charge on any atom is 0.261 e. The van der Waals surface area contributed by atoms with E-state index in [1.54, 1.807) is 12.1 Å². The fraction of sp³-hybridized carbons (Fsp3) is 0.125. The van der Waals surface area contributed by atoms with E-state index in [-0.39, 0.29) is 5.11 Å². The van der Waals surface area contributed by atoms with Gasteiger partial charge >= 0.3 is 0 Å². The molecule has 1 amide bonds. The minimum absolute atomic E-state index is 0.193. The predicted octanol–water partition coefficient (Wildman–Crippen LogP) is 4.55. The number of nitrogens with one attached hydrogen (secondary N) is 2. The number of rotatable bonds is 3. The van der Waals surface area contributed by atoms with Crippen molar-refractivity contribution >= 4 is 56.5 Å². The number of halogens is 2. The summed E-state index contributed by atoms with van der Waals surface area (Å²) in [5.41, 5.74) is 2.16. The second-order valence-corrected chi connectivity index (χ2v) is 6.42. The molecule has 0 bridgehead atoms. The molecule has 0 heterocycles. The molecule has 120 valence electrons. The van der Waals surface area contributed by atoms with Gasteiger partial charge in [0, 0.05) is 15.2 Å². The summed E-state index contributed by atoms with van der Waals surface area (Å²) in [6, 6.07) is 10.5. The normalized spacial score (nSPS) is 10.1. The molecule has 0 aliphatic carbocycles. The number of hydrogen-bond donors (Lipinski definition) is 2. The highest BCUT2D eigenvalue weighted by Gasteiger charge is 2.14. The number of carbonyl (C=O) groups is 1. The molecule has 0 unspecified atom stereocenters. The van der Waals surface area contributed by atoms with E-state index in [2.05, 4.69) is 26.6 Å². The second kappa shape index (κ2) is 7.77. The molecular formula is C16H14BrClN2O2S. The summed E-state index contributed by atoms with van der Waals surface area (Å²) in [6.45, 7) is 1.97. The Morgan fingerprint density at radius 1 is 1.26 bits per heavy atom. The van der Waals surface area contributed by atoms with Gasteiger partial charge < -0.3 is 10.1 Å². The van der Waals surface area contributed by atoms with Gasteiger partial charge in [-0.05, 0) is 61.1 Å². The summed E-state index contributed by atoms with van der Waals surface area (Å²) in [4.78, 5) is 12.3. The largest absolute Gasteiger partial charge is 0.496 e. The molecule has 0 atom stereocenters. The van der Waals surface area contributed by atoms with Gasteiger partial charge in [-0.3, -0.25) is 10.1 Å². The maximum atomic E-state index is 12.3. The van der Waals surface area contributed by atoms with E-state index in [1.165, 1.54) is 13.2 Å². The smallest absolute Gasteiger partial charge is 0.261 e. The topological polar surface area (TPSA) is 50.4 Å². The predicted molar refractivity (Wildman–Crippen MR) is 101 cm³/mol. The third-order valence-corrected chi connectivity index (χ3v) is 4.38. The second-order valence-electron chi connectivity index (χ2n) is 4.72. The van der Waals surface area contributed by atoms with Crippen LogP contribution in [0.3, 0.4) is 0 Å². The minimum atomic E-state index is -0.393. The van der Waals surface area contributed by atoms with E-state index < -0.39 is 5.91 Å². The molecule has 0 spiro atoms. The molecule has 23 heavy (non-hydrogen) atoms. The zero-order chi connectivity index (χ0) is 17.0. The van der Waals surface area contributed by atoms with Crippen LogP contribution in [0.25, 0.3) is 0 Å². The first-order chi connectivity index (χ1) is 10.9. The standard InChI is InChI=1S/C16H14BrClN2O2S/c1-9-7-11(4-5-13(9)17)19-16(23)20-15(21)12-8-10(18)3-6-14(12)22-2/h3-8H,1-2H3,(H2,19,20,21,23). The van der Waals surface area contributed by atoms with Gasteiger partial charge in [0.1, 0.15) is 5.75 Å². The highest BCUT2D eigenvalue weighted by Crippen LogP contribution is 2.23. The van der Waals surface area contributed by atoms with Crippen molar-refractivity contribution in [1.82, 2.24) is 5.32 Å². The summed E-state index contributed by atoms with van der Waals surface area (Å²) in [5.74, 6) is 0.0323. The Balaban J connectivity index is 2.09. The molecule has 0 fully saturated rings. The molecule has 2 rings (SSSR count). The van der Waals surface area contributed by atoms with Crippen LogP contribution < -0.4 is 15.4 Å². The molecular weight excluding hydrogens is 400 g/mol. The number of aryl methyl sites for hydroxylation is 1. The Labute approximate surface area is 153 Å². The van der Waals surface area contributed by atoms with Crippen LogP contribution in [-0.4, -0.2) is 18.1 Å². The number of carbonyl (C=O) groups excluding carboxylic acids is 1. The summed E-state index contributed by atoms with van der Waals surface area (Å²) in [5, 5.41) is 6.22. The summed E-state index contributed by atoms with van der Waals surface area (Å²) >= 11 is 14.5. The van der Waals surface area contributed by atoms with Crippen molar-refractivity contribution in [2.24, 2.45) is 0 Å². The number of anilines is 1. The fourth-order valence-electron chi connectivity index (χ4n) is 1.91. The SMILES string of the molecule is COc1ccc(Cl)cc1C(=O)NC(=S)Nc1ccc(Br)c(C)c1. The highest BCUT2D eigenvalue weighted by molar-refractivity contribution is 9.10. The van der Waals surface area contributed by atoms with Gasteiger partial charge in [0.2, 0.25) is 0 Å². The van der Waals surface area contributed by atoms with Crippen LogP contribution in [0.4, 0.5) is 5.69 Å². The lowest BCUT2D eigenvalue weighted by Gasteiger charge is -2.12. The molecule has 0 aliphatic heterocycles. The highest BCUT2D eigenvalue weighted by atomic mass is 79.9. The molecule has 2 aromatic rings. The number of amides is 1. The van der Waals surface area contributed by atoms with Gasteiger partial charge in [-0.25, -0.2) is 0 Å². The van der Waals surface area contributed by atoms with Crippen molar-refractivity contribution in [3.8, 4) is 5.75 Å². The quantitative estimate of drug-likeness (QED) is 0.725. The Morgan fingerprint density at radius 3 is 2.65 bits per heavy atom. The van der Waals surface area contributed by atoms with Gasteiger partial charge in [0.15, 0.2) is 5.11 Å². The van der Waals surface area contributed by atoms with Gasteiger partial charge in [-0.15, -0.1) is 0 Å². The maximum absolute atomic E-state index is 12.3. The van der Waals surface area contributed by atoms with Crippen molar-refractivity contribution in [2.75, 3.05) is 12.4 Å². The molecule has 0 saturated heterocycles. The number of benzene rings is 2. The van der Waals surface area contributed by atoms with Gasteiger partial charge in [0.25, 0.3) is 5.91 Å². The first-order valence-corrected chi connectivity index (χ1v) is 8.20. The summed E-state index contributed by atoms with van der Waals surface area (Å²) in [6.07, 6.45) is 0. The first-order valence-electron chi connectivity index (χ1n) is 6.62. The van der Waals surface area contributed by atoms with Crippen molar-refractivity contribution in [2.45, 2.75) is 6.92 Å². The molecule has 0 radical (unpaired) electrons. The zero-order valence-corrected chi connectivity index (χ0v) is 15.6. The lowest BCUT2D eigenvalue weighted by Crippen LogP contribution is -2.34. The van der Waals surface area contributed by atoms with E-state index >= 15 is 0 Å². The molecule has 0 saturated carbocycles. The molecule has 4 nitrogen and oxygen atoms in total. The Morgan fingerprint density at radius 2 is 2.00 bits per heavy atom. The van der Waals surface area contributed by atoms with E-state index in [0.29, 0.717) is 16.3 Å². The Hall–Kier alpha value is -1.63. The average molecular weight is 414 g/mol. The van der Waals surface area contributed by atoms with Crippen LogP contribution in [0.15, 0.2) is 40.9 Å². The van der Waals surface area contributed by atoms with Crippen molar-refractivity contribution in [1.29, 1.82) is 0 Å². The van der Waals surface area contributed by atoms with Gasteiger partial charge in [-0.2, -0.15) is 0 Å². The fourth-order valence-corrected chi connectivity index (χ4v) is 2.54. The van der Waals surface area contributed by atoms with Crippen LogP contribution in [-0.2, 0) is 0 Å². The van der Waals surface area contributed by atoms with E-state index in [1.807, 2.05) is 25.1 Å². The third-order valence-electron chi connectivity index (χ3n) is 3.05. The minimum Gasteiger partial charge on any atom is -0.496 e. The van der Waals surface area contributed by atoms with Crippen LogP contribution in [0.2, 0.25) is 5.02 Å². The van der Waals surface area contributed by atoms with Crippen molar-refractivity contribution in [3.05, 3.63) is 57.0 Å². The summed E-state index contributed by atoms with van der Waals surface area (Å²) < 4.78 is 6.16. The van der Waals surface area contributed by atoms with Crippen molar-refractivity contribution < 1.29 is 9.53 Å². The number of ether oxygens (including phenoxy) is 1. The van der Waals surface area contributed by atoms with Crippen molar-refractivity contribution in [3.63, 3.8) is 0 Å². The lowest BCUT2D eigenvalue weighted by atomic mass is 10.2. The summed E-state index contributed by atoms with van der Waals surface area (Å²) in [7, 11) is 1.49. The van der Waals surface area contributed by atoms with Crippen LogP contribution in [0.5, 0.6) is 5.75 Å². The lowest BCUT2D eigenvalue weighted by molar-refractivity contribution is 0.0975. The third kappa shape index (κ3) is 4.67. The number of thiocarbonyl (C=S) groups is 1. The molecule has 2 N–H and O–H groups in total. The number of methoxy groups -OCH3 is 1. The Kier molecular flexibility index (Phi) is 5.98. The average Bonchev–Trinajstić information content (AvgIpc) is 2.50. The van der Waals surface area contributed by atoms with Crippen LogP contribution >= 0.6 is 39.7 Å². The van der Waals surface area contributed by atoms with E-state index in [4.69, 9.17) is 28.6 Å².